The minimum atomic E-state index is -0.00778. The Bertz CT molecular complexity index is 957. The van der Waals surface area contributed by atoms with Crippen molar-refractivity contribution >= 4 is 22.0 Å². The van der Waals surface area contributed by atoms with Crippen LogP contribution in [0.15, 0.2) is 40.5 Å². The van der Waals surface area contributed by atoms with Crippen molar-refractivity contribution in [1.82, 2.24) is 14.3 Å². The first kappa shape index (κ1) is 16.1. The molecule has 4 rings (SSSR count). The molecule has 0 unspecified atom stereocenters. The normalized spacial score (nSPS) is 15.8. The molecule has 1 aliphatic heterocycles. The fourth-order valence-electron chi connectivity index (χ4n) is 3.29. The molecule has 0 radical (unpaired) electrons. The van der Waals surface area contributed by atoms with E-state index < -0.39 is 0 Å². The molecule has 1 saturated heterocycles. The van der Waals surface area contributed by atoms with E-state index in [4.69, 9.17) is 0 Å². The van der Waals surface area contributed by atoms with Crippen molar-refractivity contribution in [2.75, 3.05) is 31.1 Å². The number of phenolic OH excluding ortho intramolecular Hbond substituents is 1. The molecule has 0 aliphatic carbocycles. The molecule has 6 nitrogen and oxygen atoms in total. The number of benzene rings is 1. The Hall–Kier alpha value is -2.38. The number of hydrogen-bond donors (Lipinski definition) is 1. The lowest BCUT2D eigenvalue weighted by Gasteiger charge is -2.36. The van der Waals surface area contributed by atoms with Crippen LogP contribution in [0.25, 0.3) is 4.96 Å². The predicted molar refractivity (Wildman–Crippen MR) is 99.7 cm³/mol. The number of aromatic nitrogens is 2. The lowest BCUT2D eigenvalue weighted by atomic mass is 10.2. The van der Waals surface area contributed by atoms with Gasteiger partial charge in [-0.25, -0.2) is 4.98 Å². The topological polar surface area (TPSA) is 61.1 Å². The molecular formula is C18H20N4O2S. The van der Waals surface area contributed by atoms with Crippen LogP contribution in [0.1, 0.15) is 11.4 Å². The van der Waals surface area contributed by atoms with Gasteiger partial charge in [-0.05, 0) is 19.1 Å². The maximum Gasteiger partial charge on any atom is 0.259 e. The molecule has 1 fully saturated rings. The molecule has 0 spiro atoms. The third-order valence-corrected chi connectivity index (χ3v) is 5.55. The van der Waals surface area contributed by atoms with Gasteiger partial charge in [-0.15, -0.1) is 11.3 Å². The number of para-hydroxylation sites is 2. The number of rotatable bonds is 3. The number of hydrogen-bond acceptors (Lipinski definition) is 6. The Labute approximate surface area is 149 Å². The summed E-state index contributed by atoms with van der Waals surface area (Å²) < 4.78 is 1.66. The summed E-state index contributed by atoms with van der Waals surface area (Å²) in [5.74, 6) is 0.323. The number of thiazole rings is 1. The van der Waals surface area contributed by atoms with Crippen LogP contribution in [-0.4, -0.2) is 45.6 Å². The summed E-state index contributed by atoms with van der Waals surface area (Å²) in [5.41, 5.74) is 2.63. The van der Waals surface area contributed by atoms with Crippen LogP contribution in [0.4, 0.5) is 5.69 Å². The van der Waals surface area contributed by atoms with Crippen LogP contribution in [-0.2, 0) is 6.54 Å². The molecule has 7 heteroatoms. The Morgan fingerprint density at radius 2 is 1.96 bits per heavy atom. The summed E-state index contributed by atoms with van der Waals surface area (Å²) in [5, 5.41) is 12.0. The van der Waals surface area contributed by atoms with Gasteiger partial charge in [0.05, 0.1) is 11.4 Å². The van der Waals surface area contributed by atoms with Crippen LogP contribution in [0, 0.1) is 6.92 Å². The van der Waals surface area contributed by atoms with Crippen LogP contribution >= 0.6 is 11.3 Å². The van der Waals surface area contributed by atoms with Crippen molar-refractivity contribution < 1.29 is 5.11 Å². The van der Waals surface area contributed by atoms with E-state index in [0.717, 1.165) is 48.2 Å². The van der Waals surface area contributed by atoms with Crippen molar-refractivity contribution in [1.29, 1.82) is 0 Å². The average Bonchev–Trinajstić information content (AvgIpc) is 2.98. The molecule has 0 saturated carbocycles. The Kier molecular flexibility index (Phi) is 4.19. The van der Waals surface area contributed by atoms with E-state index in [1.54, 1.807) is 16.5 Å². The standard InChI is InChI=1S/C18H20N4O2S/c1-13-12-25-18-19-14(10-17(24)22(13)18)11-20-6-8-21(9-7-20)15-4-2-3-5-16(15)23/h2-5,10,12,23H,6-9,11H2,1H3. The van der Waals surface area contributed by atoms with E-state index in [9.17, 15) is 9.90 Å². The van der Waals surface area contributed by atoms with Crippen molar-refractivity contribution in [3.63, 3.8) is 0 Å². The molecule has 1 N–H and O–H groups in total. The van der Waals surface area contributed by atoms with E-state index in [0.29, 0.717) is 12.3 Å². The summed E-state index contributed by atoms with van der Waals surface area (Å²) in [6, 6.07) is 9.08. The monoisotopic (exact) mass is 356 g/mol. The molecule has 3 aromatic rings. The molecule has 1 aromatic carbocycles. The largest absolute Gasteiger partial charge is 0.506 e. The van der Waals surface area contributed by atoms with Crippen molar-refractivity contribution in [3.8, 4) is 5.75 Å². The molecule has 0 amide bonds. The number of fused-ring (bicyclic) bond motifs is 1. The average molecular weight is 356 g/mol. The highest BCUT2D eigenvalue weighted by Crippen LogP contribution is 2.27. The van der Waals surface area contributed by atoms with E-state index >= 15 is 0 Å². The fraction of sp³-hybridized carbons (Fsp3) is 0.333. The summed E-state index contributed by atoms with van der Waals surface area (Å²) in [6.07, 6.45) is 0. The predicted octanol–water partition coefficient (Wildman–Crippen LogP) is 2.09. The number of phenols is 1. The van der Waals surface area contributed by atoms with Gasteiger partial charge < -0.3 is 10.0 Å². The Morgan fingerprint density at radius 3 is 2.72 bits per heavy atom. The van der Waals surface area contributed by atoms with Crippen molar-refractivity contribution in [3.05, 3.63) is 57.5 Å². The molecule has 130 valence electrons. The van der Waals surface area contributed by atoms with Gasteiger partial charge in [0.2, 0.25) is 0 Å². The summed E-state index contributed by atoms with van der Waals surface area (Å²) in [7, 11) is 0. The second kappa shape index (κ2) is 6.50. The molecule has 25 heavy (non-hydrogen) atoms. The third-order valence-electron chi connectivity index (χ3n) is 4.61. The van der Waals surface area contributed by atoms with Crippen molar-refractivity contribution in [2.24, 2.45) is 0 Å². The second-order valence-corrected chi connectivity index (χ2v) is 7.17. The zero-order chi connectivity index (χ0) is 17.4. The summed E-state index contributed by atoms with van der Waals surface area (Å²) >= 11 is 1.50. The van der Waals surface area contributed by atoms with Gasteiger partial charge in [-0.3, -0.25) is 14.1 Å². The SMILES string of the molecule is Cc1csc2nc(CN3CCN(c4ccccc4O)CC3)cc(=O)n12. The molecule has 3 heterocycles. The zero-order valence-electron chi connectivity index (χ0n) is 14.1. The Morgan fingerprint density at radius 1 is 1.20 bits per heavy atom. The summed E-state index contributed by atoms with van der Waals surface area (Å²) in [6.45, 7) is 6.04. The third kappa shape index (κ3) is 3.12. The van der Waals surface area contributed by atoms with Gasteiger partial charge in [0.1, 0.15) is 5.75 Å². The van der Waals surface area contributed by atoms with Crippen LogP contribution in [0.5, 0.6) is 5.75 Å². The fourth-order valence-corrected chi connectivity index (χ4v) is 4.18. The molecule has 1 aliphatic rings. The number of nitrogens with zero attached hydrogens (tertiary/aromatic N) is 4. The lowest BCUT2D eigenvalue weighted by molar-refractivity contribution is 0.246. The highest BCUT2D eigenvalue weighted by molar-refractivity contribution is 7.15. The highest BCUT2D eigenvalue weighted by Gasteiger charge is 2.20. The molecular weight excluding hydrogens is 336 g/mol. The number of aryl methyl sites for hydroxylation is 1. The minimum absolute atomic E-state index is 0.00778. The van der Waals surface area contributed by atoms with Crippen LogP contribution in [0.2, 0.25) is 0 Å². The zero-order valence-corrected chi connectivity index (χ0v) is 14.9. The molecule has 0 atom stereocenters. The van der Waals surface area contributed by atoms with Gasteiger partial charge in [-0.2, -0.15) is 0 Å². The van der Waals surface area contributed by atoms with Gasteiger partial charge in [-0.1, -0.05) is 12.1 Å². The van der Waals surface area contributed by atoms with E-state index in [1.807, 2.05) is 30.5 Å². The summed E-state index contributed by atoms with van der Waals surface area (Å²) in [4.78, 5) is 22.2. The van der Waals surface area contributed by atoms with Crippen LogP contribution in [0.3, 0.4) is 0 Å². The first-order valence-electron chi connectivity index (χ1n) is 8.34. The molecule has 0 bridgehead atoms. The minimum Gasteiger partial charge on any atom is -0.506 e. The van der Waals surface area contributed by atoms with Gasteiger partial charge in [0.15, 0.2) is 4.96 Å². The molecule has 2 aromatic heterocycles. The van der Waals surface area contributed by atoms with Gasteiger partial charge in [0, 0.05) is 49.9 Å². The van der Waals surface area contributed by atoms with E-state index in [-0.39, 0.29) is 5.56 Å². The quantitative estimate of drug-likeness (QED) is 0.779. The Balaban J connectivity index is 1.45. The number of piperazine rings is 1. The number of anilines is 1. The van der Waals surface area contributed by atoms with Crippen LogP contribution < -0.4 is 10.5 Å². The smallest absolute Gasteiger partial charge is 0.259 e. The van der Waals surface area contributed by atoms with Gasteiger partial charge in [0.25, 0.3) is 5.56 Å². The van der Waals surface area contributed by atoms with E-state index in [1.165, 1.54) is 11.3 Å². The second-order valence-electron chi connectivity index (χ2n) is 6.33. The van der Waals surface area contributed by atoms with Gasteiger partial charge >= 0.3 is 0 Å². The van der Waals surface area contributed by atoms with E-state index in [2.05, 4.69) is 14.8 Å². The maximum atomic E-state index is 12.3. The van der Waals surface area contributed by atoms with Crippen molar-refractivity contribution in [2.45, 2.75) is 13.5 Å². The number of aromatic hydroxyl groups is 1. The highest BCUT2D eigenvalue weighted by atomic mass is 32.1. The first-order valence-corrected chi connectivity index (χ1v) is 9.22. The lowest BCUT2D eigenvalue weighted by Crippen LogP contribution is -2.46. The first-order chi connectivity index (χ1) is 12.1. The maximum absolute atomic E-state index is 12.3.